The number of carboxylic acid groups (broad SMARTS) is 1. The van der Waals surface area contributed by atoms with Crippen molar-refractivity contribution in [3.63, 3.8) is 0 Å². The first kappa shape index (κ1) is 24.8. The number of hydrogen-bond donors (Lipinski definition) is 3. The quantitative estimate of drug-likeness (QED) is 0.589. The van der Waals surface area contributed by atoms with E-state index in [2.05, 4.69) is 17.6 Å². The van der Waals surface area contributed by atoms with Gasteiger partial charge in [-0.2, -0.15) is 0 Å². The van der Waals surface area contributed by atoms with Gasteiger partial charge in [0.25, 0.3) is 0 Å². The van der Waals surface area contributed by atoms with Crippen LogP contribution >= 0.6 is 0 Å². The van der Waals surface area contributed by atoms with Gasteiger partial charge in [-0.3, -0.25) is 4.79 Å². The molecule has 0 aromatic heterocycles. The van der Waals surface area contributed by atoms with Crippen LogP contribution in [-0.4, -0.2) is 70.1 Å². The fourth-order valence-corrected chi connectivity index (χ4v) is 5.28. The van der Waals surface area contributed by atoms with Gasteiger partial charge in [0, 0.05) is 5.54 Å². The van der Waals surface area contributed by atoms with Crippen molar-refractivity contribution < 1.29 is 29.0 Å². The lowest BCUT2D eigenvalue weighted by Gasteiger charge is -2.39. The van der Waals surface area contributed by atoms with Crippen LogP contribution in [0.4, 0.5) is 4.79 Å². The number of rotatable bonds is 5. The number of aliphatic carboxylic acids is 1. The summed E-state index contributed by atoms with van der Waals surface area (Å²) in [5.74, 6) is -2.47. The summed E-state index contributed by atoms with van der Waals surface area (Å²) in [6.07, 6.45) is 4.73. The molecule has 0 aromatic carbocycles. The molecule has 0 aromatic rings. The van der Waals surface area contributed by atoms with Crippen LogP contribution in [0.5, 0.6) is 0 Å². The van der Waals surface area contributed by atoms with Crippen LogP contribution < -0.4 is 10.6 Å². The van der Waals surface area contributed by atoms with Crippen LogP contribution in [0.1, 0.15) is 80.1 Å². The van der Waals surface area contributed by atoms with Crippen molar-refractivity contribution >= 4 is 17.9 Å². The maximum absolute atomic E-state index is 13.6. The van der Waals surface area contributed by atoms with Gasteiger partial charge in [-0.1, -0.05) is 47.0 Å². The molecule has 1 aliphatic carbocycles. The highest BCUT2D eigenvalue weighted by molar-refractivity contribution is 5.91. The Morgan fingerprint density at radius 2 is 1.75 bits per heavy atom. The Morgan fingerprint density at radius 3 is 2.28 bits per heavy atom. The Kier molecular flexibility index (Phi) is 6.82. The van der Waals surface area contributed by atoms with E-state index in [0.717, 1.165) is 32.1 Å². The average molecular weight is 454 g/mol. The third kappa shape index (κ3) is 5.03. The normalized spacial score (nSPS) is 29.8. The lowest BCUT2D eigenvalue weighted by molar-refractivity contribution is -0.175. The number of hydrogen-bond acceptors (Lipinski definition) is 5. The summed E-state index contributed by atoms with van der Waals surface area (Å²) in [5, 5.41) is 15.9. The van der Waals surface area contributed by atoms with Gasteiger partial charge in [-0.05, 0) is 38.5 Å². The van der Waals surface area contributed by atoms with Gasteiger partial charge in [-0.25, -0.2) is 9.59 Å². The zero-order valence-corrected chi connectivity index (χ0v) is 20.2. The third-order valence-corrected chi connectivity index (χ3v) is 7.04. The van der Waals surface area contributed by atoms with Crippen molar-refractivity contribution in [1.82, 2.24) is 15.5 Å². The van der Waals surface area contributed by atoms with Crippen molar-refractivity contribution in [3.05, 3.63) is 0 Å². The monoisotopic (exact) mass is 453 g/mol. The molecule has 2 saturated heterocycles. The van der Waals surface area contributed by atoms with Crippen LogP contribution in [0.15, 0.2) is 0 Å². The molecule has 3 aliphatic rings. The summed E-state index contributed by atoms with van der Waals surface area (Å²) in [4.78, 5) is 39.9. The first-order chi connectivity index (χ1) is 14.8. The fourth-order valence-electron chi connectivity index (χ4n) is 5.28. The van der Waals surface area contributed by atoms with Gasteiger partial charge in [0.2, 0.25) is 5.91 Å². The molecule has 3 amide bonds. The largest absolute Gasteiger partial charge is 0.480 e. The third-order valence-electron chi connectivity index (χ3n) is 7.04. The van der Waals surface area contributed by atoms with Crippen LogP contribution in [-0.2, 0) is 19.1 Å². The molecule has 182 valence electrons. The van der Waals surface area contributed by atoms with E-state index in [1.807, 2.05) is 20.8 Å². The predicted octanol–water partition coefficient (Wildman–Crippen LogP) is 2.63. The van der Waals surface area contributed by atoms with Crippen molar-refractivity contribution in [3.8, 4) is 0 Å². The summed E-state index contributed by atoms with van der Waals surface area (Å²) in [6, 6.07) is -2.44. The Morgan fingerprint density at radius 1 is 1.12 bits per heavy atom. The second-order valence-electron chi connectivity index (χ2n) is 11.0. The van der Waals surface area contributed by atoms with E-state index in [1.165, 1.54) is 11.3 Å². The van der Waals surface area contributed by atoms with Crippen molar-refractivity contribution in [2.75, 3.05) is 6.54 Å². The van der Waals surface area contributed by atoms with Crippen LogP contribution in [0.3, 0.4) is 0 Å². The Labute approximate surface area is 190 Å². The van der Waals surface area contributed by atoms with E-state index >= 15 is 0 Å². The van der Waals surface area contributed by atoms with E-state index in [0.29, 0.717) is 0 Å². The minimum Gasteiger partial charge on any atom is -0.480 e. The Balaban J connectivity index is 1.76. The molecule has 9 heteroatoms. The molecule has 2 heterocycles. The average Bonchev–Trinajstić information content (AvgIpc) is 3.16. The van der Waals surface area contributed by atoms with Gasteiger partial charge in [0.15, 0.2) is 11.8 Å². The molecule has 2 aliphatic heterocycles. The standard InChI is InChI=1S/C23H39N3O6/c1-7-23(11-9-8-10-12-23)25-20(30)24-17(21(2,3)4)18(27)26-13-14-16(15(26)19(28)29)32-22(5,6)31-14/h14-17H,7-13H2,1-6H3,(H,28,29)(H2,24,25,30)/t14-,15-,16-,17+/m0/s1. The summed E-state index contributed by atoms with van der Waals surface area (Å²) in [7, 11) is 0. The highest BCUT2D eigenvalue weighted by Crippen LogP contribution is 2.38. The van der Waals surface area contributed by atoms with E-state index in [-0.39, 0.29) is 18.1 Å². The molecule has 0 bridgehead atoms. The zero-order valence-electron chi connectivity index (χ0n) is 20.2. The number of urea groups is 1. The molecule has 3 rings (SSSR count). The van der Waals surface area contributed by atoms with E-state index < -0.39 is 47.4 Å². The topological polar surface area (TPSA) is 117 Å². The minimum absolute atomic E-state index is 0.110. The molecule has 1 saturated carbocycles. The van der Waals surface area contributed by atoms with Crippen LogP contribution in [0.25, 0.3) is 0 Å². The molecule has 4 atom stereocenters. The number of ether oxygens (including phenoxy) is 2. The van der Waals surface area contributed by atoms with Gasteiger partial charge >= 0.3 is 12.0 Å². The van der Waals surface area contributed by atoms with Gasteiger partial charge < -0.3 is 30.1 Å². The summed E-state index contributed by atoms with van der Waals surface area (Å²) in [6.45, 7) is 11.2. The summed E-state index contributed by atoms with van der Waals surface area (Å²) in [5.41, 5.74) is -0.878. The predicted molar refractivity (Wildman–Crippen MR) is 118 cm³/mol. The number of carboxylic acids is 1. The number of nitrogens with one attached hydrogen (secondary N) is 2. The molecule has 0 unspecified atom stereocenters. The number of amides is 3. The molecule has 3 fully saturated rings. The van der Waals surface area contributed by atoms with Crippen LogP contribution in [0, 0.1) is 5.41 Å². The van der Waals surface area contributed by atoms with E-state index in [1.54, 1.807) is 13.8 Å². The van der Waals surface area contributed by atoms with E-state index in [4.69, 9.17) is 9.47 Å². The lowest BCUT2D eigenvalue weighted by atomic mass is 9.80. The van der Waals surface area contributed by atoms with Crippen molar-refractivity contribution in [2.45, 2.75) is 116 Å². The SMILES string of the molecule is CCC1(NC(=O)N[C@H](C(=O)N2C[C@@H]3OC(C)(C)O[C@@H]3[C@H]2C(=O)O)C(C)(C)C)CCCCC1. The Hall–Kier alpha value is -1.87. The van der Waals surface area contributed by atoms with Crippen LogP contribution in [0.2, 0.25) is 0 Å². The molecular weight excluding hydrogens is 414 g/mol. The molecule has 3 N–H and O–H groups in total. The Bertz CT molecular complexity index is 741. The first-order valence-corrected chi connectivity index (χ1v) is 11.8. The number of fused-ring (bicyclic) bond motifs is 1. The van der Waals surface area contributed by atoms with Gasteiger partial charge in [-0.15, -0.1) is 0 Å². The van der Waals surface area contributed by atoms with Crippen molar-refractivity contribution in [1.29, 1.82) is 0 Å². The summed E-state index contributed by atoms with van der Waals surface area (Å²) < 4.78 is 11.6. The molecule has 9 nitrogen and oxygen atoms in total. The second kappa shape index (κ2) is 8.82. The highest BCUT2D eigenvalue weighted by Gasteiger charge is 2.58. The maximum atomic E-state index is 13.6. The maximum Gasteiger partial charge on any atom is 0.329 e. The smallest absolute Gasteiger partial charge is 0.329 e. The van der Waals surface area contributed by atoms with E-state index in [9.17, 15) is 19.5 Å². The van der Waals surface area contributed by atoms with Gasteiger partial charge in [0.05, 0.1) is 6.54 Å². The number of nitrogens with zero attached hydrogens (tertiary/aromatic N) is 1. The van der Waals surface area contributed by atoms with Gasteiger partial charge in [0.1, 0.15) is 18.2 Å². The fraction of sp³-hybridized carbons (Fsp3) is 0.870. The van der Waals surface area contributed by atoms with Crippen molar-refractivity contribution in [2.24, 2.45) is 5.41 Å². The molecule has 32 heavy (non-hydrogen) atoms. The number of carbonyl (C=O) groups is 3. The molecule has 0 spiro atoms. The molecule has 0 radical (unpaired) electrons. The second-order valence-corrected chi connectivity index (χ2v) is 11.0. The first-order valence-electron chi connectivity index (χ1n) is 11.8. The minimum atomic E-state index is -1.16. The number of carbonyl (C=O) groups excluding carboxylic acids is 2. The number of likely N-dealkylation sites (tertiary alicyclic amines) is 1. The summed E-state index contributed by atoms with van der Waals surface area (Å²) >= 11 is 0. The zero-order chi connectivity index (χ0) is 23.9. The lowest BCUT2D eigenvalue weighted by Crippen LogP contribution is -2.61. The molecular formula is C23H39N3O6. The highest BCUT2D eigenvalue weighted by atomic mass is 16.8.